The SMILES string of the molecule is O=C1c2ccccc2OCCN1Cc1ccc(Cl)nc1. The summed E-state index contributed by atoms with van der Waals surface area (Å²) < 4.78 is 5.61. The van der Waals surface area contributed by atoms with Crippen LogP contribution in [0.2, 0.25) is 5.15 Å². The Hall–Kier alpha value is -2.07. The fourth-order valence-electron chi connectivity index (χ4n) is 2.18. The summed E-state index contributed by atoms with van der Waals surface area (Å²) in [5.74, 6) is 0.627. The number of benzene rings is 1. The number of hydrogen-bond acceptors (Lipinski definition) is 3. The lowest BCUT2D eigenvalue weighted by Crippen LogP contribution is -2.31. The molecule has 1 aliphatic rings. The lowest BCUT2D eigenvalue weighted by molar-refractivity contribution is 0.0743. The molecule has 0 saturated heterocycles. The fraction of sp³-hybridized carbons (Fsp3) is 0.200. The molecule has 1 aromatic carbocycles. The maximum Gasteiger partial charge on any atom is 0.258 e. The Morgan fingerprint density at radius 2 is 2.10 bits per heavy atom. The minimum Gasteiger partial charge on any atom is -0.491 e. The van der Waals surface area contributed by atoms with E-state index in [2.05, 4.69) is 4.98 Å². The highest BCUT2D eigenvalue weighted by molar-refractivity contribution is 6.29. The molecule has 0 radical (unpaired) electrons. The Labute approximate surface area is 122 Å². The average Bonchev–Trinajstić information content (AvgIpc) is 2.62. The molecule has 3 rings (SSSR count). The van der Waals surface area contributed by atoms with E-state index in [-0.39, 0.29) is 5.91 Å². The van der Waals surface area contributed by atoms with Crippen LogP contribution in [0.1, 0.15) is 15.9 Å². The van der Waals surface area contributed by atoms with Crippen molar-refractivity contribution in [2.45, 2.75) is 6.54 Å². The van der Waals surface area contributed by atoms with Crippen LogP contribution in [0.25, 0.3) is 0 Å². The van der Waals surface area contributed by atoms with Gasteiger partial charge in [0.05, 0.1) is 12.1 Å². The summed E-state index contributed by atoms with van der Waals surface area (Å²) in [5.41, 5.74) is 1.55. The highest BCUT2D eigenvalue weighted by Gasteiger charge is 2.23. The number of hydrogen-bond donors (Lipinski definition) is 0. The van der Waals surface area contributed by atoms with Crippen LogP contribution < -0.4 is 4.74 Å². The van der Waals surface area contributed by atoms with Crippen molar-refractivity contribution in [3.8, 4) is 5.75 Å². The van der Waals surface area contributed by atoms with E-state index in [1.165, 1.54) is 0 Å². The van der Waals surface area contributed by atoms with Gasteiger partial charge in [0.1, 0.15) is 17.5 Å². The van der Waals surface area contributed by atoms with Crippen molar-refractivity contribution in [2.75, 3.05) is 13.2 Å². The molecular formula is C15H13ClN2O2. The molecule has 2 heterocycles. The second-order valence-corrected chi connectivity index (χ2v) is 4.95. The number of fused-ring (bicyclic) bond motifs is 1. The maximum absolute atomic E-state index is 12.5. The molecule has 0 bridgehead atoms. The summed E-state index contributed by atoms with van der Waals surface area (Å²) in [4.78, 5) is 18.3. The van der Waals surface area contributed by atoms with Crippen LogP contribution in [0.4, 0.5) is 0 Å². The smallest absolute Gasteiger partial charge is 0.258 e. The summed E-state index contributed by atoms with van der Waals surface area (Å²) in [6.07, 6.45) is 1.69. The summed E-state index contributed by atoms with van der Waals surface area (Å²) in [6, 6.07) is 10.9. The second-order valence-electron chi connectivity index (χ2n) is 4.56. The summed E-state index contributed by atoms with van der Waals surface area (Å²) >= 11 is 5.76. The van der Waals surface area contributed by atoms with E-state index in [4.69, 9.17) is 16.3 Å². The van der Waals surface area contributed by atoms with Crippen LogP contribution in [0.3, 0.4) is 0 Å². The van der Waals surface area contributed by atoms with E-state index in [0.29, 0.717) is 36.2 Å². The third kappa shape index (κ3) is 2.60. The molecule has 0 spiro atoms. The number of carbonyl (C=O) groups is 1. The minimum atomic E-state index is -0.0203. The van der Waals surface area contributed by atoms with Gasteiger partial charge in [-0.05, 0) is 23.8 Å². The number of nitrogens with zero attached hydrogens (tertiary/aromatic N) is 2. The predicted molar refractivity (Wildman–Crippen MR) is 75.9 cm³/mol. The van der Waals surface area contributed by atoms with Gasteiger partial charge in [-0.2, -0.15) is 0 Å². The van der Waals surface area contributed by atoms with E-state index in [1.807, 2.05) is 24.3 Å². The molecule has 0 unspecified atom stereocenters. The Bertz CT molecular complexity index is 628. The number of amides is 1. The fourth-order valence-corrected chi connectivity index (χ4v) is 2.29. The van der Waals surface area contributed by atoms with Crippen molar-refractivity contribution in [1.29, 1.82) is 0 Å². The van der Waals surface area contributed by atoms with Gasteiger partial charge < -0.3 is 9.64 Å². The van der Waals surface area contributed by atoms with E-state index in [1.54, 1.807) is 23.2 Å². The standard InChI is InChI=1S/C15H13ClN2O2/c16-14-6-5-11(9-17-14)10-18-7-8-20-13-4-2-1-3-12(13)15(18)19/h1-6,9H,7-8,10H2. The lowest BCUT2D eigenvalue weighted by Gasteiger charge is -2.19. The average molecular weight is 289 g/mol. The van der Waals surface area contributed by atoms with Crippen LogP contribution in [0, 0.1) is 0 Å². The molecule has 1 aliphatic heterocycles. The molecule has 1 aromatic heterocycles. The molecule has 0 atom stereocenters. The van der Waals surface area contributed by atoms with E-state index >= 15 is 0 Å². The van der Waals surface area contributed by atoms with Crippen LogP contribution in [-0.2, 0) is 6.54 Å². The second kappa shape index (κ2) is 5.51. The normalized spacial score (nSPS) is 14.4. The molecular weight excluding hydrogens is 276 g/mol. The summed E-state index contributed by atoms with van der Waals surface area (Å²) in [6.45, 7) is 1.54. The first-order valence-corrected chi connectivity index (χ1v) is 6.73. The van der Waals surface area contributed by atoms with Crippen molar-refractivity contribution >= 4 is 17.5 Å². The third-order valence-corrected chi connectivity index (χ3v) is 3.41. The van der Waals surface area contributed by atoms with E-state index in [0.717, 1.165) is 5.56 Å². The largest absolute Gasteiger partial charge is 0.491 e. The molecule has 0 saturated carbocycles. The van der Waals surface area contributed by atoms with Gasteiger partial charge in [-0.3, -0.25) is 4.79 Å². The zero-order chi connectivity index (χ0) is 13.9. The van der Waals surface area contributed by atoms with E-state index < -0.39 is 0 Å². The van der Waals surface area contributed by atoms with Gasteiger partial charge in [0.25, 0.3) is 5.91 Å². The van der Waals surface area contributed by atoms with Crippen molar-refractivity contribution in [1.82, 2.24) is 9.88 Å². The molecule has 0 aliphatic carbocycles. The number of carbonyl (C=O) groups excluding carboxylic acids is 1. The zero-order valence-electron chi connectivity index (χ0n) is 10.8. The van der Waals surface area contributed by atoms with Gasteiger partial charge in [-0.15, -0.1) is 0 Å². The number of rotatable bonds is 2. The first-order chi connectivity index (χ1) is 9.74. The number of para-hydroxylation sites is 1. The Morgan fingerprint density at radius 1 is 1.25 bits per heavy atom. The van der Waals surface area contributed by atoms with E-state index in [9.17, 15) is 4.79 Å². The van der Waals surface area contributed by atoms with Crippen LogP contribution in [0.15, 0.2) is 42.6 Å². The van der Waals surface area contributed by atoms with Crippen molar-refractivity contribution < 1.29 is 9.53 Å². The molecule has 20 heavy (non-hydrogen) atoms. The Kier molecular flexibility index (Phi) is 3.56. The predicted octanol–water partition coefficient (Wildman–Crippen LogP) is 2.77. The maximum atomic E-state index is 12.5. The molecule has 0 N–H and O–H groups in total. The van der Waals surface area contributed by atoms with Gasteiger partial charge in [-0.1, -0.05) is 29.8 Å². The topological polar surface area (TPSA) is 42.4 Å². The molecule has 0 fully saturated rings. The van der Waals surface area contributed by atoms with Crippen molar-refractivity contribution in [3.63, 3.8) is 0 Å². The third-order valence-electron chi connectivity index (χ3n) is 3.19. The molecule has 102 valence electrons. The number of ether oxygens (including phenoxy) is 1. The quantitative estimate of drug-likeness (QED) is 0.798. The number of pyridine rings is 1. The molecule has 4 nitrogen and oxygen atoms in total. The van der Waals surface area contributed by atoms with Gasteiger partial charge in [0.2, 0.25) is 0 Å². The first kappa shape index (κ1) is 12.9. The molecule has 1 amide bonds. The molecule has 5 heteroatoms. The summed E-state index contributed by atoms with van der Waals surface area (Å²) in [5, 5.41) is 0.449. The van der Waals surface area contributed by atoms with Crippen molar-refractivity contribution in [3.05, 3.63) is 58.9 Å². The Morgan fingerprint density at radius 3 is 2.90 bits per heavy atom. The number of halogens is 1. The number of aromatic nitrogens is 1. The van der Waals surface area contributed by atoms with Gasteiger partial charge in [-0.25, -0.2) is 4.98 Å². The monoisotopic (exact) mass is 288 g/mol. The van der Waals surface area contributed by atoms with Crippen LogP contribution in [-0.4, -0.2) is 28.9 Å². The van der Waals surface area contributed by atoms with Gasteiger partial charge in [0, 0.05) is 12.7 Å². The molecule has 2 aromatic rings. The van der Waals surface area contributed by atoms with Crippen LogP contribution >= 0.6 is 11.6 Å². The zero-order valence-corrected chi connectivity index (χ0v) is 11.5. The lowest BCUT2D eigenvalue weighted by atomic mass is 10.1. The first-order valence-electron chi connectivity index (χ1n) is 6.35. The van der Waals surface area contributed by atoms with Gasteiger partial charge >= 0.3 is 0 Å². The summed E-state index contributed by atoms with van der Waals surface area (Å²) in [7, 11) is 0. The highest BCUT2D eigenvalue weighted by atomic mass is 35.5. The highest BCUT2D eigenvalue weighted by Crippen LogP contribution is 2.23. The van der Waals surface area contributed by atoms with Crippen molar-refractivity contribution in [2.24, 2.45) is 0 Å². The Balaban J connectivity index is 1.84. The van der Waals surface area contributed by atoms with Crippen LogP contribution in [0.5, 0.6) is 5.75 Å². The van der Waals surface area contributed by atoms with Gasteiger partial charge in [0.15, 0.2) is 0 Å². The minimum absolute atomic E-state index is 0.0203.